The molecule has 4 heteroatoms. The third-order valence-electron chi connectivity index (χ3n) is 3.91. The fourth-order valence-corrected chi connectivity index (χ4v) is 2.89. The highest BCUT2D eigenvalue weighted by Gasteiger charge is 2.31. The molecule has 0 N–H and O–H groups in total. The summed E-state index contributed by atoms with van der Waals surface area (Å²) < 4.78 is 0. The number of para-hydroxylation sites is 1. The molecule has 0 aromatic heterocycles. The Morgan fingerprint density at radius 2 is 1.89 bits per heavy atom. The summed E-state index contributed by atoms with van der Waals surface area (Å²) in [7, 11) is 3.93. The lowest BCUT2D eigenvalue weighted by molar-refractivity contribution is -0.122. The van der Waals surface area contributed by atoms with Crippen LogP contribution >= 0.6 is 17.0 Å². The number of amides is 1. The van der Waals surface area contributed by atoms with Crippen LogP contribution < -0.4 is 4.90 Å². The van der Waals surface area contributed by atoms with Gasteiger partial charge in [-0.05, 0) is 51.4 Å². The van der Waals surface area contributed by atoms with Crippen LogP contribution in [0.3, 0.4) is 0 Å². The second-order valence-electron chi connectivity index (χ2n) is 5.28. The van der Waals surface area contributed by atoms with Crippen molar-refractivity contribution in [1.29, 1.82) is 0 Å². The van der Waals surface area contributed by atoms with Crippen LogP contribution in [0.4, 0.5) is 5.69 Å². The molecule has 1 aromatic carbocycles. The Labute approximate surface area is 126 Å². The topological polar surface area (TPSA) is 23.6 Å². The van der Waals surface area contributed by atoms with Crippen molar-refractivity contribution in [2.24, 2.45) is 0 Å². The summed E-state index contributed by atoms with van der Waals surface area (Å²) in [5, 5.41) is 0. The molecule has 19 heavy (non-hydrogen) atoms. The molecule has 0 saturated carbocycles. The number of halogens is 1. The van der Waals surface area contributed by atoms with E-state index < -0.39 is 0 Å². The van der Waals surface area contributed by atoms with E-state index in [1.165, 1.54) is 0 Å². The number of nitrogens with zero attached hydrogens (tertiary/aromatic N) is 2. The summed E-state index contributed by atoms with van der Waals surface area (Å²) in [6, 6.07) is 6.21. The Hall–Kier alpha value is -0.870. The maximum absolute atomic E-state index is 12.5. The summed E-state index contributed by atoms with van der Waals surface area (Å²) >= 11 is 0. The summed E-state index contributed by atoms with van der Waals surface area (Å²) in [4.78, 5) is 16.5. The van der Waals surface area contributed by atoms with Crippen molar-refractivity contribution in [3.63, 3.8) is 0 Å². The summed E-state index contributed by atoms with van der Waals surface area (Å²) in [6.45, 7) is 5.14. The third kappa shape index (κ3) is 3.18. The fourth-order valence-electron chi connectivity index (χ4n) is 2.89. The number of hydrogen-bond acceptors (Lipinski definition) is 2. The highest BCUT2D eigenvalue weighted by atomic mass is 79.9. The Morgan fingerprint density at radius 1 is 1.32 bits per heavy atom. The van der Waals surface area contributed by atoms with E-state index in [-0.39, 0.29) is 28.9 Å². The molecule has 1 aromatic rings. The molecular formula is C15H23BrN2O. The molecule has 3 nitrogen and oxygen atoms in total. The van der Waals surface area contributed by atoms with E-state index in [4.69, 9.17) is 0 Å². The zero-order valence-electron chi connectivity index (χ0n) is 12.1. The summed E-state index contributed by atoms with van der Waals surface area (Å²) in [5.74, 6) is 0.215. The number of likely N-dealkylation sites (N-methyl/N-ethyl adjacent to an activating group) is 2. The highest BCUT2D eigenvalue weighted by molar-refractivity contribution is 8.93. The number of carbonyl (C=O) groups excluding carboxylic acids is 1. The van der Waals surface area contributed by atoms with Gasteiger partial charge < -0.3 is 4.90 Å². The first-order chi connectivity index (χ1) is 8.52. The number of hydrogen-bond donors (Lipinski definition) is 0. The van der Waals surface area contributed by atoms with Crippen LogP contribution in [0.1, 0.15) is 24.0 Å². The van der Waals surface area contributed by atoms with Crippen molar-refractivity contribution < 1.29 is 4.79 Å². The zero-order chi connectivity index (χ0) is 13.3. The van der Waals surface area contributed by atoms with Gasteiger partial charge in [0, 0.05) is 12.7 Å². The molecule has 0 unspecified atom stereocenters. The minimum Gasteiger partial charge on any atom is -0.314 e. The monoisotopic (exact) mass is 326 g/mol. The average molecular weight is 327 g/mol. The maximum Gasteiger partial charge on any atom is 0.244 e. The molecule has 2 rings (SSSR count). The summed E-state index contributed by atoms with van der Waals surface area (Å²) in [6.07, 6.45) is 2.10. The molecule has 0 radical (unpaired) electrons. The number of aryl methyl sites for hydroxylation is 2. The van der Waals surface area contributed by atoms with E-state index in [0.717, 1.165) is 36.2 Å². The molecule has 0 spiro atoms. The first-order valence-electron chi connectivity index (χ1n) is 6.56. The van der Waals surface area contributed by atoms with E-state index in [0.29, 0.717) is 0 Å². The second-order valence-corrected chi connectivity index (χ2v) is 5.28. The van der Waals surface area contributed by atoms with Gasteiger partial charge in [-0.25, -0.2) is 0 Å². The first-order valence-corrected chi connectivity index (χ1v) is 6.56. The lowest BCUT2D eigenvalue weighted by atomic mass is 10.1. The molecule has 0 aliphatic carbocycles. The van der Waals surface area contributed by atoms with E-state index >= 15 is 0 Å². The van der Waals surface area contributed by atoms with Crippen LogP contribution in [0.2, 0.25) is 0 Å². The lowest BCUT2D eigenvalue weighted by Crippen LogP contribution is -2.43. The highest BCUT2D eigenvalue weighted by Crippen LogP contribution is 2.26. The van der Waals surface area contributed by atoms with E-state index in [1.54, 1.807) is 0 Å². The van der Waals surface area contributed by atoms with Crippen molar-refractivity contribution in [3.8, 4) is 0 Å². The van der Waals surface area contributed by atoms with Gasteiger partial charge in [0.05, 0.1) is 6.04 Å². The molecule has 1 atom stereocenters. The van der Waals surface area contributed by atoms with Gasteiger partial charge in [-0.15, -0.1) is 17.0 Å². The number of likely N-dealkylation sites (tertiary alicyclic amines) is 1. The number of rotatable bonds is 2. The Kier molecular flexibility index (Phi) is 5.56. The van der Waals surface area contributed by atoms with Crippen LogP contribution in [-0.4, -0.2) is 37.5 Å². The van der Waals surface area contributed by atoms with E-state index in [9.17, 15) is 4.79 Å². The minimum atomic E-state index is 0. The normalized spacial score (nSPS) is 19.1. The predicted molar refractivity (Wildman–Crippen MR) is 85.3 cm³/mol. The van der Waals surface area contributed by atoms with Gasteiger partial charge in [0.25, 0.3) is 0 Å². The van der Waals surface area contributed by atoms with E-state index in [1.807, 2.05) is 25.1 Å². The van der Waals surface area contributed by atoms with Gasteiger partial charge in [-0.2, -0.15) is 0 Å². The van der Waals surface area contributed by atoms with Crippen LogP contribution in [0.15, 0.2) is 18.2 Å². The smallest absolute Gasteiger partial charge is 0.244 e. The molecular weight excluding hydrogens is 304 g/mol. The predicted octanol–water partition coefficient (Wildman–Crippen LogP) is 2.94. The molecule has 106 valence electrons. The van der Waals surface area contributed by atoms with Gasteiger partial charge in [-0.1, -0.05) is 18.2 Å². The van der Waals surface area contributed by atoms with Crippen molar-refractivity contribution in [2.45, 2.75) is 32.7 Å². The number of carbonyl (C=O) groups is 1. The molecule has 1 saturated heterocycles. The van der Waals surface area contributed by atoms with Gasteiger partial charge in [-0.3, -0.25) is 9.69 Å². The van der Waals surface area contributed by atoms with Gasteiger partial charge in [0.1, 0.15) is 0 Å². The average Bonchev–Trinajstić information content (AvgIpc) is 2.74. The zero-order valence-corrected chi connectivity index (χ0v) is 13.9. The van der Waals surface area contributed by atoms with Crippen LogP contribution in [0.5, 0.6) is 0 Å². The molecule has 0 bridgehead atoms. The standard InChI is InChI=1S/C15H22N2O.BrH/c1-11-7-5-8-12(2)14(11)17(4)15(18)13-9-6-10-16(13)3;/h5,7-8,13H,6,9-10H2,1-4H3;1H/t13-;/m1./s1. The quantitative estimate of drug-likeness (QED) is 0.834. The SMILES string of the molecule is Br.Cc1cccc(C)c1N(C)C(=O)[C@H]1CCCN1C. The Bertz CT molecular complexity index is 441. The molecule has 1 aliphatic rings. The van der Waals surface area contributed by atoms with Crippen LogP contribution in [0, 0.1) is 13.8 Å². The number of anilines is 1. The first kappa shape index (κ1) is 16.2. The maximum atomic E-state index is 12.5. The van der Waals surface area contributed by atoms with Gasteiger partial charge in [0.15, 0.2) is 0 Å². The van der Waals surface area contributed by atoms with E-state index in [2.05, 4.69) is 30.9 Å². The van der Waals surface area contributed by atoms with Crippen molar-refractivity contribution in [1.82, 2.24) is 4.90 Å². The summed E-state index contributed by atoms with van der Waals surface area (Å²) in [5.41, 5.74) is 3.38. The van der Waals surface area contributed by atoms with Crippen molar-refractivity contribution in [2.75, 3.05) is 25.5 Å². The molecule has 1 amide bonds. The van der Waals surface area contributed by atoms with Crippen molar-refractivity contribution in [3.05, 3.63) is 29.3 Å². The fraction of sp³-hybridized carbons (Fsp3) is 0.533. The third-order valence-corrected chi connectivity index (χ3v) is 3.91. The van der Waals surface area contributed by atoms with Crippen LogP contribution in [0.25, 0.3) is 0 Å². The Morgan fingerprint density at radius 3 is 2.37 bits per heavy atom. The second kappa shape index (κ2) is 6.53. The van der Waals surface area contributed by atoms with Gasteiger partial charge in [0.2, 0.25) is 5.91 Å². The molecule has 1 heterocycles. The molecule has 1 aliphatic heterocycles. The minimum absolute atomic E-state index is 0. The lowest BCUT2D eigenvalue weighted by Gasteiger charge is -2.27. The number of benzene rings is 1. The van der Waals surface area contributed by atoms with Gasteiger partial charge >= 0.3 is 0 Å². The largest absolute Gasteiger partial charge is 0.314 e. The Balaban J connectivity index is 0.00000180. The van der Waals surface area contributed by atoms with Crippen molar-refractivity contribution >= 4 is 28.6 Å². The molecule has 1 fully saturated rings. The van der Waals surface area contributed by atoms with Crippen LogP contribution in [-0.2, 0) is 4.79 Å².